The van der Waals surface area contributed by atoms with Crippen LogP contribution in [0.2, 0.25) is 0 Å². The normalized spacial score (nSPS) is 20.2. The van der Waals surface area contributed by atoms with Crippen molar-refractivity contribution in [3.8, 4) is 0 Å². The summed E-state index contributed by atoms with van der Waals surface area (Å²) in [4.78, 5) is 31.4. The van der Waals surface area contributed by atoms with Crippen LogP contribution in [0.4, 0.5) is 0 Å². The van der Waals surface area contributed by atoms with E-state index in [4.69, 9.17) is 9.26 Å². The molecule has 1 aliphatic heterocycles. The Morgan fingerprint density at radius 3 is 2.45 bits per heavy atom. The number of amides is 2. The second-order valence-electron chi connectivity index (χ2n) is 9.93. The van der Waals surface area contributed by atoms with Gasteiger partial charge in [-0.15, -0.1) is 0 Å². The van der Waals surface area contributed by atoms with Gasteiger partial charge in [-0.3, -0.25) is 14.5 Å². The third kappa shape index (κ3) is 7.78. The molecular formula is C24H41N5O4. The van der Waals surface area contributed by atoms with Crippen LogP contribution in [-0.4, -0.2) is 65.7 Å². The van der Waals surface area contributed by atoms with Crippen LogP contribution < -0.4 is 10.6 Å². The van der Waals surface area contributed by atoms with Gasteiger partial charge in [0.2, 0.25) is 17.7 Å². The molecule has 1 aliphatic carbocycles. The Kier molecular flexibility index (Phi) is 9.67. The van der Waals surface area contributed by atoms with E-state index in [1.165, 1.54) is 6.92 Å². The van der Waals surface area contributed by atoms with Gasteiger partial charge in [0.1, 0.15) is 5.54 Å². The SMILES string of the molecule is CC(=O)NC1(c2noc(CCC(=O)NCC(CC(C)C)N3CCOCC3)n2)CCCCCC1. The Hall–Kier alpha value is -2.00. The molecule has 9 nitrogen and oxygen atoms in total. The molecule has 2 amide bonds. The van der Waals surface area contributed by atoms with E-state index in [0.717, 1.165) is 71.2 Å². The highest BCUT2D eigenvalue weighted by atomic mass is 16.5. The van der Waals surface area contributed by atoms with Crippen LogP contribution >= 0.6 is 0 Å². The summed E-state index contributed by atoms with van der Waals surface area (Å²) in [7, 11) is 0. The largest absolute Gasteiger partial charge is 0.379 e. The van der Waals surface area contributed by atoms with Crippen LogP contribution in [0.3, 0.4) is 0 Å². The molecule has 1 atom stereocenters. The molecular weight excluding hydrogens is 422 g/mol. The molecule has 0 aromatic carbocycles. The van der Waals surface area contributed by atoms with Crippen molar-refractivity contribution in [2.24, 2.45) is 5.92 Å². The highest BCUT2D eigenvalue weighted by Crippen LogP contribution is 2.34. The van der Waals surface area contributed by atoms with Gasteiger partial charge < -0.3 is 19.9 Å². The van der Waals surface area contributed by atoms with Crippen molar-refractivity contribution in [2.75, 3.05) is 32.8 Å². The van der Waals surface area contributed by atoms with Gasteiger partial charge in [0.05, 0.1) is 13.2 Å². The number of nitrogens with zero attached hydrogens (tertiary/aromatic N) is 3. The van der Waals surface area contributed by atoms with E-state index in [9.17, 15) is 9.59 Å². The lowest BCUT2D eigenvalue weighted by Gasteiger charge is -2.35. The van der Waals surface area contributed by atoms with E-state index in [1.807, 2.05) is 0 Å². The fourth-order valence-corrected chi connectivity index (χ4v) is 5.01. The minimum absolute atomic E-state index is 0.0113. The zero-order chi connectivity index (χ0) is 23.7. The van der Waals surface area contributed by atoms with Gasteiger partial charge in [0.25, 0.3) is 0 Å². The van der Waals surface area contributed by atoms with E-state index in [2.05, 4.69) is 39.5 Å². The molecule has 186 valence electrons. The monoisotopic (exact) mass is 463 g/mol. The Labute approximate surface area is 197 Å². The molecule has 1 saturated heterocycles. The first kappa shape index (κ1) is 25.6. The number of ether oxygens (including phenoxy) is 1. The maximum Gasteiger partial charge on any atom is 0.227 e. The minimum Gasteiger partial charge on any atom is -0.379 e. The third-order valence-electron chi connectivity index (χ3n) is 6.67. The van der Waals surface area contributed by atoms with E-state index in [1.54, 1.807) is 0 Å². The molecule has 33 heavy (non-hydrogen) atoms. The lowest BCUT2D eigenvalue weighted by Crippen LogP contribution is -2.49. The molecule has 2 N–H and O–H groups in total. The molecule has 1 unspecified atom stereocenters. The number of hydrogen-bond donors (Lipinski definition) is 2. The van der Waals surface area contributed by atoms with Crippen molar-refractivity contribution < 1.29 is 18.8 Å². The Balaban J connectivity index is 1.53. The lowest BCUT2D eigenvalue weighted by atomic mass is 9.89. The van der Waals surface area contributed by atoms with Crippen LogP contribution in [0.5, 0.6) is 0 Å². The fourth-order valence-electron chi connectivity index (χ4n) is 5.01. The highest BCUT2D eigenvalue weighted by molar-refractivity contribution is 5.76. The second-order valence-corrected chi connectivity index (χ2v) is 9.93. The van der Waals surface area contributed by atoms with E-state index in [-0.39, 0.29) is 11.8 Å². The van der Waals surface area contributed by atoms with Crippen LogP contribution in [0.25, 0.3) is 0 Å². The number of carbonyl (C=O) groups is 2. The molecule has 1 aromatic rings. The summed E-state index contributed by atoms with van der Waals surface area (Å²) in [5.74, 6) is 1.45. The number of hydrogen-bond acceptors (Lipinski definition) is 7. The summed E-state index contributed by atoms with van der Waals surface area (Å²) in [6.45, 7) is 9.92. The minimum atomic E-state index is -0.561. The van der Waals surface area contributed by atoms with Crippen LogP contribution in [0.15, 0.2) is 4.52 Å². The number of nitrogens with one attached hydrogen (secondary N) is 2. The number of aromatic nitrogens is 2. The molecule has 9 heteroatoms. The van der Waals surface area contributed by atoms with Crippen molar-refractivity contribution in [3.05, 3.63) is 11.7 Å². The predicted molar refractivity (Wildman–Crippen MR) is 124 cm³/mol. The summed E-state index contributed by atoms with van der Waals surface area (Å²) >= 11 is 0. The molecule has 1 saturated carbocycles. The summed E-state index contributed by atoms with van der Waals surface area (Å²) < 4.78 is 10.9. The number of carbonyl (C=O) groups excluding carboxylic acids is 2. The first-order valence-electron chi connectivity index (χ1n) is 12.6. The molecule has 0 radical (unpaired) electrons. The van der Waals surface area contributed by atoms with E-state index >= 15 is 0 Å². The molecule has 2 fully saturated rings. The smallest absolute Gasteiger partial charge is 0.227 e. The van der Waals surface area contributed by atoms with Crippen molar-refractivity contribution in [1.29, 1.82) is 0 Å². The second kappa shape index (κ2) is 12.5. The summed E-state index contributed by atoms with van der Waals surface area (Å²) in [6.07, 6.45) is 7.69. The Morgan fingerprint density at radius 2 is 1.82 bits per heavy atom. The van der Waals surface area contributed by atoms with E-state index < -0.39 is 5.54 Å². The molecule has 2 aliphatic rings. The fraction of sp³-hybridized carbons (Fsp3) is 0.833. The van der Waals surface area contributed by atoms with Gasteiger partial charge in [-0.2, -0.15) is 4.98 Å². The van der Waals surface area contributed by atoms with Crippen LogP contribution in [0.1, 0.15) is 83.9 Å². The van der Waals surface area contributed by atoms with Gasteiger partial charge in [0.15, 0.2) is 5.82 Å². The van der Waals surface area contributed by atoms with Crippen molar-refractivity contribution in [2.45, 2.75) is 90.1 Å². The first-order chi connectivity index (χ1) is 15.9. The van der Waals surface area contributed by atoms with E-state index in [0.29, 0.717) is 43.1 Å². The van der Waals surface area contributed by atoms with Crippen molar-refractivity contribution >= 4 is 11.8 Å². The van der Waals surface area contributed by atoms with Gasteiger partial charge in [0, 0.05) is 45.4 Å². The summed E-state index contributed by atoms with van der Waals surface area (Å²) in [5.41, 5.74) is -0.561. The van der Waals surface area contributed by atoms with Gasteiger partial charge in [-0.1, -0.05) is 44.7 Å². The lowest BCUT2D eigenvalue weighted by molar-refractivity contribution is -0.122. The van der Waals surface area contributed by atoms with Gasteiger partial charge in [-0.05, 0) is 25.2 Å². The zero-order valence-electron chi connectivity index (χ0n) is 20.5. The highest BCUT2D eigenvalue weighted by Gasteiger charge is 2.38. The molecule has 0 bridgehead atoms. The Bertz CT molecular complexity index is 752. The van der Waals surface area contributed by atoms with Crippen molar-refractivity contribution in [1.82, 2.24) is 25.7 Å². The third-order valence-corrected chi connectivity index (χ3v) is 6.67. The molecule has 3 rings (SSSR count). The van der Waals surface area contributed by atoms with Gasteiger partial charge >= 0.3 is 0 Å². The topological polar surface area (TPSA) is 110 Å². The van der Waals surface area contributed by atoms with Crippen LogP contribution in [-0.2, 0) is 26.3 Å². The summed E-state index contributed by atoms with van der Waals surface area (Å²) in [6, 6.07) is 0.320. The number of rotatable bonds is 10. The number of aryl methyl sites for hydroxylation is 1. The summed E-state index contributed by atoms with van der Waals surface area (Å²) in [5, 5.41) is 10.4. The Morgan fingerprint density at radius 1 is 1.12 bits per heavy atom. The number of morpholine rings is 1. The average molecular weight is 464 g/mol. The average Bonchev–Trinajstić information content (AvgIpc) is 3.15. The molecule has 2 heterocycles. The first-order valence-corrected chi connectivity index (χ1v) is 12.6. The predicted octanol–water partition coefficient (Wildman–Crippen LogP) is 2.55. The standard InChI is InChI=1S/C24H41N5O4/c1-18(2)16-20(29-12-14-32-15-13-29)17-25-21(31)8-9-22-26-23(28-33-22)24(27-19(3)30)10-6-4-5-7-11-24/h18,20H,4-17H2,1-3H3,(H,25,31)(H,27,30). The maximum atomic E-state index is 12.6. The van der Waals surface area contributed by atoms with Crippen LogP contribution in [0, 0.1) is 5.92 Å². The quantitative estimate of drug-likeness (QED) is 0.513. The molecule has 1 aromatic heterocycles. The maximum absolute atomic E-state index is 12.6. The zero-order valence-corrected chi connectivity index (χ0v) is 20.5. The molecule has 0 spiro atoms. The van der Waals surface area contributed by atoms with Gasteiger partial charge in [-0.25, -0.2) is 0 Å². The van der Waals surface area contributed by atoms with Crippen molar-refractivity contribution in [3.63, 3.8) is 0 Å².